The second-order valence-corrected chi connectivity index (χ2v) is 4.16. The van der Waals surface area contributed by atoms with Crippen molar-refractivity contribution >= 4 is 0 Å². The topological polar surface area (TPSA) is 69.6 Å². The number of aromatic nitrogens is 5. The predicted molar refractivity (Wildman–Crippen MR) is 64.7 cm³/mol. The molecule has 0 N–H and O–H groups in total. The Morgan fingerprint density at radius 3 is 2.52 bits per heavy atom. The zero-order valence-corrected chi connectivity index (χ0v) is 10.7. The fraction of sp³-hybridized carbons (Fsp3) is 0.167. The maximum atomic E-state index is 12.6. The summed E-state index contributed by atoms with van der Waals surface area (Å²) < 4.78 is 44.2. The summed E-state index contributed by atoms with van der Waals surface area (Å²) in [5, 5.41) is 10.9. The molecule has 3 aromatic rings. The van der Waals surface area contributed by atoms with Gasteiger partial charge in [0, 0.05) is 19.3 Å². The Labute approximate surface area is 116 Å². The van der Waals surface area contributed by atoms with E-state index in [4.69, 9.17) is 4.42 Å². The van der Waals surface area contributed by atoms with Crippen molar-refractivity contribution in [1.82, 2.24) is 25.0 Å². The minimum absolute atomic E-state index is 0.0545. The van der Waals surface area contributed by atoms with Gasteiger partial charge in [0.05, 0.1) is 0 Å². The van der Waals surface area contributed by atoms with E-state index in [-0.39, 0.29) is 17.5 Å². The van der Waals surface area contributed by atoms with Gasteiger partial charge < -0.3 is 4.42 Å². The van der Waals surface area contributed by atoms with Crippen LogP contribution in [0.15, 0.2) is 34.9 Å². The zero-order chi connectivity index (χ0) is 15.0. The van der Waals surface area contributed by atoms with Crippen LogP contribution < -0.4 is 0 Å². The molecular formula is C12H8F3N5O. The molecule has 0 atom stereocenters. The van der Waals surface area contributed by atoms with Crippen LogP contribution in [-0.4, -0.2) is 25.0 Å². The largest absolute Gasteiger partial charge is 0.435 e. The Kier molecular flexibility index (Phi) is 2.96. The average Bonchev–Trinajstić information content (AvgIpc) is 3.05. The van der Waals surface area contributed by atoms with Gasteiger partial charge in [0.25, 0.3) is 11.8 Å². The summed E-state index contributed by atoms with van der Waals surface area (Å²) in [6, 6.07) is 5.97. The van der Waals surface area contributed by atoms with Crippen LogP contribution in [0.3, 0.4) is 0 Å². The van der Waals surface area contributed by atoms with Gasteiger partial charge in [-0.25, -0.2) is 0 Å². The summed E-state index contributed by atoms with van der Waals surface area (Å²) in [6.07, 6.45) is -2.98. The van der Waals surface area contributed by atoms with Crippen LogP contribution in [0.2, 0.25) is 0 Å². The van der Waals surface area contributed by atoms with E-state index in [1.165, 1.54) is 7.05 Å². The van der Waals surface area contributed by atoms with Crippen LogP contribution in [0.5, 0.6) is 0 Å². The van der Waals surface area contributed by atoms with Gasteiger partial charge in [0.2, 0.25) is 0 Å². The van der Waals surface area contributed by atoms with Crippen LogP contribution in [0, 0.1) is 0 Å². The van der Waals surface area contributed by atoms with E-state index in [0.29, 0.717) is 5.69 Å². The average molecular weight is 295 g/mol. The first-order chi connectivity index (χ1) is 9.95. The molecule has 108 valence electrons. The highest BCUT2D eigenvalue weighted by Crippen LogP contribution is 2.31. The zero-order valence-electron chi connectivity index (χ0n) is 10.7. The Morgan fingerprint density at radius 2 is 1.90 bits per heavy atom. The lowest BCUT2D eigenvalue weighted by atomic mass is 10.3. The van der Waals surface area contributed by atoms with E-state index in [9.17, 15) is 13.2 Å². The molecule has 0 aliphatic rings. The Morgan fingerprint density at radius 1 is 1.14 bits per heavy atom. The van der Waals surface area contributed by atoms with Crippen molar-refractivity contribution in [3.8, 4) is 23.2 Å². The van der Waals surface area contributed by atoms with Crippen molar-refractivity contribution in [2.24, 2.45) is 7.05 Å². The van der Waals surface area contributed by atoms with E-state index in [2.05, 4.69) is 20.3 Å². The summed E-state index contributed by atoms with van der Waals surface area (Å²) in [5.41, 5.74) is -0.496. The fourth-order valence-electron chi connectivity index (χ4n) is 1.73. The molecule has 6 nitrogen and oxygen atoms in total. The standard InChI is InChI=1S/C12H8F3N5O/c1-20-8(6-9(19-20)12(13,14)15)11-18-17-10(21-11)7-4-2-3-5-16-7/h2-6H,1H3. The molecule has 3 heterocycles. The summed E-state index contributed by atoms with van der Waals surface area (Å²) >= 11 is 0. The second kappa shape index (κ2) is 4.69. The van der Waals surface area contributed by atoms with Gasteiger partial charge >= 0.3 is 6.18 Å². The van der Waals surface area contributed by atoms with Gasteiger partial charge in [0.1, 0.15) is 11.4 Å². The number of nitrogens with zero attached hydrogens (tertiary/aromatic N) is 5. The number of alkyl halides is 3. The van der Waals surface area contributed by atoms with Gasteiger partial charge in [-0.15, -0.1) is 10.2 Å². The fourth-order valence-corrected chi connectivity index (χ4v) is 1.73. The number of pyridine rings is 1. The molecule has 0 aliphatic carbocycles. The molecule has 0 bridgehead atoms. The lowest BCUT2D eigenvalue weighted by Crippen LogP contribution is -2.06. The number of halogens is 3. The van der Waals surface area contributed by atoms with Gasteiger partial charge in [-0.3, -0.25) is 9.67 Å². The molecule has 0 radical (unpaired) electrons. The Balaban J connectivity index is 1.99. The van der Waals surface area contributed by atoms with Crippen LogP contribution in [0.4, 0.5) is 13.2 Å². The summed E-state index contributed by atoms with van der Waals surface area (Å²) in [6.45, 7) is 0. The maximum absolute atomic E-state index is 12.6. The molecule has 0 saturated carbocycles. The molecule has 0 fully saturated rings. The maximum Gasteiger partial charge on any atom is 0.435 e. The molecule has 0 aromatic carbocycles. The highest BCUT2D eigenvalue weighted by Gasteiger charge is 2.35. The quantitative estimate of drug-likeness (QED) is 0.726. The van der Waals surface area contributed by atoms with Gasteiger partial charge in [0.15, 0.2) is 5.69 Å². The van der Waals surface area contributed by atoms with Crippen molar-refractivity contribution in [2.45, 2.75) is 6.18 Å². The Bertz CT molecular complexity index is 763. The predicted octanol–water partition coefficient (Wildman–Crippen LogP) is 2.55. The van der Waals surface area contributed by atoms with Crippen LogP contribution >= 0.6 is 0 Å². The van der Waals surface area contributed by atoms with E-state index >= 15 is 0 Å². The molecule has 3 rings (SSSR count). The third-order valence-electron chi connectivity index (χ3n) is 2.70. The number of rotatable bonds is 2. The highest BCUT2D eigenvalue weighted by atomic mass is 19.4. The Hall–Kier alpha value is -2.71. The van der Waals surface area contributed by atoms with Crippen molar-refractivity contribution in [3.63, 3.8) is 0 Å². The summed E-state index contributed by atoms with van der Waals surface area (Å²) in [4.78, 5) is 4.02. The minimum atomic E-state index is -4.53. The molecule has 0 unspecified atom stereocenters. The van der Waals surface area contributed by atoms with Gasteiger partial charge in [-0.1, -0.05) is 6.07 Å². The highest BCUT2D eigenvalue weighted by molar-refractivity contribution is 5.52. The van der Waals surface area contributed by atoms with Crippen LogP contribution in [-0.2, 0) is 13.2 Å². The first-order valence-electron chi connectivity index (χ1n) is 5.81. The van der Waals surface area contributed by atoms with E-state index in [1.54, 1.807) is 24.4 Å². The molecule has 3 aromatic heterocycles. The minimum Gasteiger partial charge on any atom is -0.413 e. The molecule has 0 amide bonds. The van der Waals surface area contributed by atoms with E-state index in [1.807, 2.05) is 0 Å². The third kappa shape index (κ3) is 2.49. The lowest BCUT2D eigenvalue weighted by molar-refractivity contribution is -0.141. The molecule has 9 heteroatoms. The second-order valence-electron chi connectivity index (χ2n) is 4.16. The summed E-state index contributed by atoms with van der Waals surface area (Å²) in [7, 11) is 1.37. The van der Waals surface area contributed by atoms with E-state index in [0.717, 1.165) is 10.7 Å². The molecule has 0 saturated heterocycles. The van der Waals surface area contributed by atoms with Crippen molar-refractivity contribution in [2.75, 3.05) is 0 Å². The number of hydrogen-bond acceptors (Lipinski definition) is 5. The third-order valence-corrected chi connectivity index (χ3v) is 2.70. The van der Waals surface area contributed by atoms with Crippen molar-refractivity contribution < 1.29 is 17.6 Å². The van der Waals surface area contributed by atoms with Crippen molar-refractivity contribution in [1.29, 1.82) is 0 Å². The first kappa shape index (κ1) is 13.3. The molecule has 0 aliphatic heterocycles. The molecule has 0 spiro atoms. The van der Waals surface area contributed by atoms with E-state index < -0.39 is 11.9 Å². The number of aryl methyl sites for hydroxylation is 1. The van der Waals surface area contributed by atoms with Gasteiger partial charge in [-0.2, -0.15) is 18.3 Å². The monoisotopic (exact) mass is 295 g/mol. The first-order valence-corrected chi connectivity index (χ1v) is 5.81. The van der Waals surface area contributed by atoms with Crippen LogP contribution in [0.25, 0.3) is 23.2 Å². The SMILES string of the molecule is Cn1nc(C(F)(F)F)cc1-c1nnc(-c2ccccn2)o1. The normalized spacial score (nSPS) is 11.8. The summed E-state index contributed by atoms with van der Waals surface area (Å²) in [5.74, 6) is 0.0708. The van der Waals surface area contributed by atoms with Crippen molar-refractivity contribution in [3.05, 3.63) is 36.2 Å². The number of hydrogen-bond donors (Lipinski definition) is 0. The molecular weight excluding hydrogens is 287 g/mol. The molecule has 21 heavy (non-hydrogen) atoms. The lowest BCUT2D eigenvalue weighted by Gasteiger charge is -1.98. The van der Waals surface area contributed by atoms with Gasteiger partial charge in [-0.05, 0) is 12.1 Å². The smallest absolute Gasteiger partial charge is 0.413 e. The van der Waals surface area contributed by atoms with Crippen LogP contribution in [0.1, 0.15) is 5.69 Å².